The number of nitrogens with zero attached hydrogens (tertiary/aromatic N) is 1. The molecule has 1 N–H and O–H groups in total. The second-order valence-corrected chi connectivity index (χ2v) is 3.97. The summed E-state index contributed by atoms with van der Waals surface area (Å²) in [4.78, 5) is 4.35. The predicted molar refractivity (Wildman–Crippen MR) is 51.9 cm³/mol. The monoisotopic (exact) mass is 226 g/mol. The van der Waals surface area contributed by atoms with Gasteiger partial charge in [0.25, 0.3) is 0 Å². The largest absolute Gasteiger partial charge is 0.309 e. The standard InChI is InChI=1S/C9H11BrN2/c10-7-3-4-9(12-6-7)8-2-1-5-11-8/h3-4,6,8,11H,1-2,5H2/t8-/m0/s1. The van der Waals surface area contributed by atoms with Crippen LogP contribution in [0, 0.1) is 0 Å². The summed E-state index contributed by atoms with van der Waals surface area (Å²) in [5, 5.41) is 3.41. The molecule has 1 aromatic rings. The molecule has 12 heavy (non-hydrogen) atoms. The average molecular weight is 227 g/mol. The first-order chi connectivity index (χ1) is 5.86. The topological polar surface area (TPSA) is 24.9 Å². The van der Waals surface area contributed by atoms with Gasteiger partial charge in [0.15, 0.2) is 0 Å². The number of hydrogen-bond acceptors (Lipinski definition) is 2. The fourth-order valence-corrected chi connectivity index (χ4v) is 1.76. The van der Waals surface area contributed by atoms with E-state index >= 15 is 0 Å². The summed E-state index contributed by atoms with van der Waals surface area (Å²) < 4.78 is 1.05. The fourth-order valence-electron chi connectivity index (χ4n) is 1.53. The van der Waals surface area contributed by atoms with Crippen LogP contribution in [0.25, 0.3) is 0 Å². The third-order valence-electron chi connectivity index (χ3n) is 2.17. The van der Waals surface area contributed by atoms with Gasteiger partial charge in [-0.25, -0.2) is 0 Å². The molecule has 0 radical (unpaired) electrons. The van der Waals surface area contributed by atoms with Crippen LogP contribution in [0.2, 0.25) is 0 Å². The maximum absolute atomic E-state index is 4.35. The van der Waals surface area contributed by atoms with Crippen LogP contribution in [0.15, 0.2) is 22.8 Å². The highest BCUT2D eigenvalue weighted by molar-refractivity contribution is 9.10. The lowest BCUT2D eigenvalue weighted by molar-refractivity contribution is 0.627. The molecule has 2 rings (SSSR count). The summed E-state index contributed by atoms with van der Waals surface area (Å²) in [7, 11) is 0. The lowest BCUT2D eigenvalue weighted by Crippen LogP contribution is -2.13. The Hall–Kier alpha value is -0.410. The number of halogens is 1. The molecular formula is C9H11BrN2. The van der Waals surface area contributed by atoms with E-state index in [1.165, 1.54) is 12.8 Å². The molecule has 1 atom stereocenters. The second-order valence-electron chi connectivity index (χ2n) is 3.05. The fraction of sp³-hybridized carbons (Fsp3) is 0.444. The van der Waals surface area contributed by atoms with Gasteiger partial charge in [0.05, 0.1) is 5.69 Å². The maximum atomic E-state index is 4.35. The number of aromatic nitrogens is 1. The van der Waals surface area contributed by atoms with Crippen molar-refractivity contribution in [1.29, 1.82) is 0 Å². The van der Waals surface area contributed by atoms with Crippen molar-refractivity contribution in [3.05, 3.63) is 28.5 Å². The van der Waals surface area contributed by atoms with E-state index < -0.39 is 0 Å². The van der Waals surface area contributed by atoms with Gasteiger partial charge in [0.2, 0.25) is 0 Å². The van der Waals surface area contributed by atoms with E-state index in [0.717, 1.165) is 16.7 Å². The van der Waals surface area contributed by atoms with Crippen LogP contribution < -0.4 is 5.32 Å². The van der Waals surface area contributed by atoms with Crippen molar-refractivity contribution in [3.8, 4) is 0 Å². The predicted octanol–water partition coefficient (Wildman–Crippen LogP) is 2.27. The molecule has 0 bridgehead atoms. The van der Waals surface area contributed by atoms with Crippen molar-refractivity contribution < 1.29 is 0 Å². The van der Waals surface area contributed by atoms with Crippen molar-refractivity contribution in [2.75, 3.05) is 6.54 Å². The Labute approximate surface area is 80.5 Å². The molecule has 3 heteroatoms. The molecule has 1 aliphatic rings. The first-order valence-electron chi connectivity index (χ1n) is 4.21. The Morgan fingerprint density at radius 1 is 1.50 bits per heavy atom. The van der Waals surface area contributed by atoms with Gasteiger partial charge in [-0.1, -0.05) is 0 Å². The molecule has 0 spiro atoms. The molecular weight excluding hydrogens is 216 g/mol. The minimum absolute atomic E-state index is 0.484. The molecule has 2 heterocycles. The Balaban J connectivity index is 2.17. The van der Waals surface area contributed by atoms with Crippen LogP contribution in [0.5, 0.6) is 0 Å². The molecule has 0 aliphatic carbocycles. The minimum atomic E-state index is 0.484. The van der Waals surface area contributed by atoms with Gasteiger partial charge in [-0.15, -0.1) is 0 Å². The van der Waals surface area contributed by atoms with E-state index in [1.54, 1.807) is 0 Å². The summed E-state index contributed by atoms with van der Waals surface area (Å²) >= 11 is 3.37. The molecule has 0 saturated carbocycles. The third-order valence-corrected chi connectivity index (χ3v) is 2.64. The van der Waals surface area contributed by atoms with E-state index in [0.29, 0.717) is 6.04 Å². The van der Waals surface area contributed by atoms with Crippen molar-refractivity contribution in [2.24, 2.45) is 0 Å². The van der Waals surface area contributed by atoms with Gasteiger partial charge < -0.3 is 5.32 Å². The molecule has 1 fully saturated rings. The van der Waals surface area contributed by atoms with Crippen molar-refractivity contribution in [3.63, 3.8) is 0 Å². The zero-order valence-corrected chi connectivity index (χ0v) is 8.34. The molecule has 1 aliphatic heterocycles. The normalized spacial score (nSPS) is 22.9. The van der Waals surface area contributed by atoms with Gasteiger partial charge in [0.1, 0.15) is 0 Å². The highest BCUT2D eigenvalue weighted by Crippen LogP contribution is 2.21. The summed E-state index contributed by atoms with van der Waals surface area (Å²) in [5.41, 5.74) is 1.16. The van der Waals surface area contributed by atoms with E-state index in [2.05, 4.69) is 32.3 Å². The summed E-state index contributed by atoms with van der Waals surface area (Å²) in [5.74, 6) is 0. The lowest BCUT2D eigenvalue weighted by atomic mass is 10.1. The molecule has 1 aromatic heterocycles. The van der Waals surface area contributed by atoms with E-state index in [4.69, 9.17) is 0 Å². The first-order valence-corrected chi connectivity index (χ1v) is 5.00. The average Bonchev–Trinajstić information content (AvgIpc) is 2.58. The molecule has 0 amide bonds. The summed E-state index contributed by atoms with van der Waals surface area (Å²) in [6, 6.07) is 4.60. The smallest absolute Gasteiger partial charge is 0.0574 e. The zero-order chi connectivity index (χ0) is 8.39. The zero-order valence-electron chi connectivity index (χ0n) is 6.76. The van der Waals surface area contributed by atoms with Crippen LogP contribution in [0.1, 0.15) is 24.6 Å². The Morgan fingerprint density at radius 3 is 3.00 bits per heavy atom. The highest BCUT2D eigenvalue weighted by atomic mass is 79.9. The third kappa shape index (κ3) is 1.67. The van der Waals surface area contributed by atoms with Gasteiger partial charge in [-0.05, 0) is 47.4 Å². The number of hydrogen-bond donors (Lipinski definition) is 1. The van der Waals surface area contributed by atoms with Crippen molar-refractivity contribution in [1.82, 2.24) is 10.3 Å². The minimum Gasteiger partial charge on any atom is -0.309 e. The van der Waals surface area contributed by atoms with Gasteiger partial charge in [-0.3, -0.25) is 4.98 Å². The number of rotatable bonds is 1. The summed E-state index contributed by atoms with van der Waals surface area (Å²) in [6.07, 6.45) is 4.34. The molecule has 0 unspecified atom stereocenters. The number of nitrogens with one attached hydrogen (secondary N) is 1. The molecule has 64 valence electrons. The Kier molecular flexibility index (Phi) is 2.42. The SMILES string of the molecule is Brc1ccc([C@@H]2CCCN2)nc1. The lowest BCUT2D eigenvalue weighted by Gasteiger charge is -2.08. The van der Waals surface area contributed by atoms with Crippen molar-refractivity contribution in [2.45, 2.75) is 18.9 Å². The Bertz CT molecular complexity index is 252. The Morgan fingerprint density at radius 2 is 2.42 bits per heavy atom. The van der Waals surface area contributed by atoms with Gasteiger partial charge in [-0.2, -0.15) is 0 Å². The second kappa shape index (κ2) is 3.54. The van der Waals surface area contributed by atoms with Gasteiger partial charge in [0, 0.05) is 16.7 Å². The maximum Gasteiger partial charge on any atom is 0.0574 e. The highest BCUT2D eigenvalue weighted by Gasteiger charge is 2.16. The van der Waals surface area contributed by atoms with Crippen LogP contribution in [0.3, 0.4) is 0 Å². The van der Waals surface area contributed by atoms with Gasteiger partial charge >= 0.3 is 0 Å². The summed E-state index contributed by atoms with van der Waals surface area (Å²) in [6.45, 7) is 1.13. The van der Waals surface area contributed by atoms with Crippen LogP contribution in [-0.4, -0.2) is 11.5 Å². The van der Waals surface area contributed by atoms with Crippen LogP contribution in [0.4, 0.5) is 0 Å². The van der Waals surface area contributed by atoms with Crippen LogP contribution in [-0.2, 0) is 0 Å². The van der Waals surface area contributed by atoms with E-state index in [9.17, 15) is 0 Å². The van der Waals surface area contributed by atoms with Crippen molar-refractivity contribution >= 4 is 15.9 Å². The quantitative estimate of drug-likeness (QED) is 0.795. The first kappa shape index (κ1) is 8.20. The van der Waals surface area contributed by atoms with E-state index in [-0.39, 0.29) is 0 Å². The van der Waals surface area contributed by atoms with Crippen LogP contribution >= 0.6 is 15.9 Å². The van der Waals surface area contributed by atoms with E-state index in [1.807, 2.05) is 12.3 Å². The molecule has 2 nitrogen and oxygen atoms in total. The number of pyridine rings is 1. The molecule has 0 aromatic carbocycles. The molecule has 1 saturated heterocycles.